The van der Waals surface area contributed by atoms with Crippen molar-refractivity contribution in [3.05, 3.63) is 57.6 Å². The van der Waals surface area contributed by atoms with E-state index in [9.17, 15) is 23.2 Å². The average molecular weight is 521 g/mol. The van der Waals surface area contributed by atoms with E-state index in [1.54, 1.807) is 25.1 Å². The van der Waals surface area contributed by atoms with Gasteiger partial charge in [0.25, 0.3) is 11.8 Å². The third-order valence-electron chi connectivity index (χ3n) is 6.70. The highest BCUT2D eigenvalue weighted by molar-refractivity contribution is 9.10. The molecule has 0 unspecified atom stereocenters. The highest BCUT2D eigenvalue weighted by Crippen LogP contribution is 2.57. The van der Waals surface area contributed by atoms with E-state index in [-0.39, 0.29) is 24.5 Å². The molecule has 0 radical (unpaired) electrons. The number of benzene rings is 2. The Kier molecular flexibility index (Phi) is 4.97. The topological polar surface area (TPSA) is 84.9 Å². The van der Waals surface area contributed by atoms with E-state index in [4.69, 9.17) is 9.47 Å². The van der Waals surface area contributed by atoms with Crippen LogP contribution in [0.5, 0.6) is 5.75 Å². The maximum absolute atomic E-state index is 14.1. The summed E-state index contributed by atoms with van der Waals surface area (Å²) in [5, 5.41) is 2.54. The minimum absolute atomic E-state index is 0.0695. The Bertz CT molecular complexity index is 1220. The van der Waals surface area contributed by atoms with E-state index in [1.165, 1.54) is 11.8 Å². The molecular weight excluding hydrogens is 502 g/mol. The maximum Gasteiger partial charge on any atom is 0.312 e. The van der Waals surface area contributed by atoms with Crippen molar-refractivity contribution in [1.29, 1.82) is 0 Å². The van der Waals surface area contributed by atoms with Gasteiger partial charge in [-0.05, 0) is 38.1 Å². The molecule has 3 aliphatic heterocycles. The van der Waals surface area contributed by atoms with Crippen molar-refractivity contribution in [3.63, 3.8) is 0 Å². The zero-order valence-electron chi connectivity index (χ0n) is 17.7. The van der Waals surface area contributed by atoms with Gasteiger partial charge in [-0.15, -0.1) is 0 Å². The van der Waals surface area contributed by atoms with Gasteiger partial charge < -0.3 is 19.7 Å². The van der Waals surface area contributed by atoms with Crippen LogP contribution in [0.1, 0.15) is 35.8 Å². The first-order valence-electron chi connectivity index (χ1n) is 10.4. The summed E-state index contributed by atoms with van der Waals surface area (Å²) >= 11 is 3.42. The van der Waals surface area contributed by atoms with Gasteiger partial charge in [-0.25, -0.2) is 8.78 Å². The predicted octanol–water partition coefficient (Wildman–Crippen LogP) is 3.82. The summed E-state index contributed by atoms with van der Waals surface area (Å²) in [5.74, 6) is -5.61. The number of anilines is 1. The zero-order valence-corrected chi connectivity index (χ0v) is 19.2. The maximum atomic E-state index is 14.1. The van der Waals surface area contributed by atoms with Crippen molar-refractivity contribution in [2.45, 2.75) is 25.4 Å². The molecule has 2 aromatic rings. The molecule has 0 bridgehead atoms. The lowest BCUT2D eigenvalue weighted by Gasteiger charge is -2.38. The van der Waals surface area contributed by atoms with E-state index >= 15 is 0 Å². The number of fused-ring (bicyclic) bond motifs is 6. The number of amides is 2. The lowest BCUT2D eigenvalue weighted by Crippen LogP contribution is -2.57. The fourth-order valence-electron chi connectivity index (χ4n) is 5.28. The normalized spacial score (nSPS) is 27.4. The number of esters is 1. The van der Waals surface area contributed by atoms with Crippen LogP contribution in [0.3, 0.4) is 0 Å². The molecule has 4 atom stereocenters. The van der Waals surface area contributed by atoms with Gasteiger partial charge in [0, 0.05) is 22.0 Å². The number of hydrogen-bond acceptors (Lipinski definition) is 5. The molecule has 0 saturated carbocycles. The second-order valence-corrected chi connectivity index (χ2v) is 9.34. The van der Waals surface area contributed by atoms with Crippen LogP contribution in [0.15, 0.2) is 34.8 Å². The molecule has 7 nitrogen and oxygen atoms in total. The molecule has 1 N–H and O–H groups in total. The highest BCUT2D eigenvalue weighted by atomic mass is 79.9. The summed E-state index contributed by atoms with van der Waals surface area (Å²) in [6.07, 6.45) is 0. The third kappa shape index (κ3) is 2.99. The van der Waals surface area contributed by atoms with Crippen LogP contribution in [0, 0.1) is 23.5 Å². The molecule has 10 heteroatoms. The Hall–Kier alpha value is -3.01. The number of carbonyl (C=O) groups is 3. The van der Waals surface area contributed by atoms with Crippen LogP contribution in [0.2, 0.25) is 0 Å². The SMILES string of the molecule is CCOC(=O)[C@H]1[C@H]2COc3ccc(Br)cc3[C@@H]2N2C(=O)c3cc(F)c(F)cc3NC(=O)[C@@]12C. The number of hydrogen-bond donors (Lipinski definition) is 1. The zero-order chi connectivity index (χ0) is 23.7. The quantitative estimate of drug-likeness (QED) is 0.608. The van der Waals surface area contributed by atoms with Gasteiger partial charge in [0.2, 0.25) is 0 Å². The molecule has 3 aliphatic rings. The van der Waals surface area contributed by atoms with Crippen molar-refractivity contribution in [1.82, 2.24) is 4.90 Å². The fourth-order valence-corrected chi connectivity index (χ4v) is 5.66. The van der Waals surface area contributed by atoms with E-state index < -0.39 is 52.8 Å². The van der Waals surface area contributed by atoms with Crippen molar-refractivity contribution >= 4 is 39.4 Å². The molecule has 5 rings (SSSR count). The van der Waals surface area contributed by atoms with Gasteiger partial charge in [-0.1, -0.05) is 15.9 Å². The number of carbonyl (C=O) groups excluding carboxylic acids is 3. The van der Waals surface area contributed by atoms with Gasteiger partial charge >= 0.3 is 5.97 Å². The number of halogens is 3. The minimum Gasteiger partial charge on any atom is -0.493 e. The first kappa shape index (κ1) is 21.8. The molecule has 172 valence electrons. The van der Waals surface area contributed by atoms with Crippen LogP contribution in [-0.4, -0.2) is 41.4 Å². The Balaban J connectivity index is 1.77. The first-order valence-corrected chi connectivity index (χ1v) is 11.2. The largest absolute Gasteiger partial charge is 0.493 e. The van der Waals surface area contributed by atoms with E-state index in [1.807, 2.05) is 0 Å². The molecular formula is C23H19BrF2N2O5. The monoisotopic (exact) mass is 520 g/mol. The van der Waals surface area contributed by atoms with Crippen LogP contribution in [-0.2, 0) is 14.3 Å². The third-order valence-corrected chi connectivity index (χ3v) is 7.19. The van der Waals surface area contributed by atoms with Crippen molar-refractivity contribution in [3.8, 4) is 5.75 Å². The van der Waals surface area contributed by atoms with Gasteiger partial charge in [0.05, 0.1) is 36.4 Å². The predicted molar refractivity (Wildman–Crippen MR) is 116 cm³/mol. The summed E-state index contributed by atoms with van der Waals surface area (Å²) < 4.78 is 40.0. The van der Waals surface area contributed by atoms with Gasteiger partial charge in [-0.2, -0.15) is 0 Å². The van der Waals surface area contributed by atoms with Crippen LogP contribution in [0.25, 0.3) is 0 Å². The lowest BCUT2D eigenvalue weighted by atomic mass is 9.77. The molecule has 2 aromatic carbocycles. The van der Waals surface area contributed by atoms with Gasteiger partial charge in [0.1, 0.15) is 11.3 Å². The summed E-state index contributed by atoms with van der Waals surface area (Å²) in [5.41, 5.74) is -1.44. The van der Waals surface area contributed by atoms with E-state index in [2.05, 4.69) is 21.2 Å². The summed E-state index contributed by atoms with van der Waals surface area (Å²) in [6, 6.07) is 6.09. The summed E-state index contributed by atoms with van der Waals surface area (Å²) in [6.45, 7) is 3.28. The Morgan fingerprint density at radius 1 is 1.27 bits per heavy atom. The van der Waals surface area contributed by atoms with Crippen LogP contribution >= 0.6 is 15.9 Å². The smallest absolute Gasteiger partial charge is 0.312 e. The molecule has 0 spiro atoms. The number of rotatable bonds is 2. The fraction of sp³-hybridized carbons (Fsp3) is 0.348. The van der Waals surface area contributed by atoms with Gasteiger partial charge in [0.15, 0.2) is 11.6 Å². The van der Waals surface area contributed by atoms with E-state index in [0.29, 0.717) is 15.8 Å². The van der Waals surface area contributed by atoms with Crippen molar-refractivity contribution in [2.24, 2.45) is 11.8 Å². The molecule has 3 heterocycles. The van der Waals surface area contributed by atoms with Crippen molar-refractivity contribution < 1.29 is 32.6 Å². The highest BCUT2D eigenvalue weighted by Gasteiger charge is 2.67. The number of nitrogens with one attached hydrogen (secondary N) is 1. The molecule has 0 aromatic heterocycles. The molecule has 1 saturated heterocycles. The number of ether oxygens (including phenoxy) is 2. The van der Waals surface area contributed by atoms with Crippen molar-refractivity contribution in [2.75, 3.05) is 18.5 Å². The van der Waals surface area contributed by atoms with Crippen LogP contribution in [0.4, 0.5) is 14.5 Å². The Labute approximate surface area is 196 Å². The van der Waals surface area contributed by atoms with E-state index in [0.717, 1.165) is 12.1 Å². The minimum atomic E-state index is -1.70. The summed E-state index contributed by atoms with van der Waals surface area (Å²) in [4.78, 5) is 41.9. The molecule has 33 heavy (non-hydrogen) atoms. The van der Waals surface area contributed by atoms with Gasteiger partial charge in [-0.3, -0.25) is 14.4 Å². The lowest BCUT2D eigenvalue weighted by molar-refractivity contribution is -0.155. The first-order chi connectivity index (χ1) is 15.7. The summed E-state index contributed by atoms with van der Waals surface area (Å²) in [7, 11) is 0. The second kappa shape index (κ2) is 7.51. The van der Waals surface area contributed by atoms with Crippen LogP contribution < -0.4 is 10.1 Å². The Morgan fingerprint density at radius 3 is 2.73 bits per heavy atom. The second-order valence-electron chi connectivity index (χ2n) is 8.42. The molecule has 1 fully saturated rings. The average Bonchev–Trinajstić information content (AvgIpc) is 3.01. The molecule has 2 amide bonds. The molecule has 0 aliphatic carbocycles. The Morgan fingerprint density at radius 2 is 2.00 bits per heavy atom. The standard InChI is InChI=1S/C23H19BrF2N2O5/c1-3-32-21(30)18-13-9-33-17-5-4-10(24)6-12(17)19(13)28-20(29)11-7-14(25)15(26)8-16(11)27-22(31)23(18,28)2/h4-8,13,18-19H,3,9H2,1-2H3,(H,27,31)/t13-,18-,19+,23-/m1/s1. The number of nitrogens with zero attached hydrogens (tertiary/aromatic N) is 1.